The Balaban J connectivity index is 2.40. The van der Waals surface area contributed by atoms with Crippen LogP contribution >= 0.6 is 11.6 Å². The minimum absolute atomic E-state index is 0.0975. The third-order valence-corrected chi connectivity index (χ3v) is 2.48. The number of nitrogens with zero attached hydrogens (tertiary/aromatic N) is 2. The third kappa shape index (κ3) is 2.42. The van der Waals surface area contributed by atoms with Crippen molar-refractivity contribution in [3.63, 3.8) is 0 Å². The summed E-state index contributed by atoms with van der Waals surface area (Å²) in [4.78, 5) is 19.8. The second-order valence-electron chi connectivity index (χ2n) is 3.26. The second-order valence-corrected chi connectivity index (χ2v) is 3.61. The maximum Gasteiger partial charge on any atom is 0.214 e. The van der Waals surface area contributed by atoms with Crippen LogP contribution in [0.15, 0.2) is 36.7 Å². The monoisotopic (exact) mass is 248 g/mol. The van der Waals surface area contributed by atoms with Crippen molar-refractivity contribution in [2.24, 2.45) is 0 Å². The molecule has 86 valence electrons. The molecule has 0 radical (unpaired) electrons. The molecular weight excluding hydrogens is 240 g/mol. The Morgan fingerprint density at radius 1 is 1.29 bits per heavy atom. The lowest BCUT2D eigenvalue weighted by atomic mass is 10.1. The Labute approximate surface area is 103 Å². The second kappa shape index (κ2) is 4.93. The van der Waals surface area contributed by atoms with Crippen LogP contribution < -0.4 is 4.74 Å². The fraction of sp³-hybridized carbons (Fsp3) is 0.0833. The van der Waals surface area contributed by atoms with Crippen molar-refractivity contribution >= 4 is 17.4 Å². The van der Waals surface area contributed by atoms with E-state index in [0.717, 1.165) is 0 Å². The topological polar surface area (TPSA) is 52.1 Å². The lowest BCUT2D eigenvalue weighted by Gasteiger charge is -2.04. The van der Waals surface area contributed by atoms with Gasteiger partial charge in [0.15, 0.2) is 5.15 Å². The summed E-state index contributed by atoms with van der Waals surface area (Å²) in [6.07, 6.45) is 2.87. The predicted molar refractivity (Wildman–Crippen MR) is 63.5 cm³/mol. The highest BCUT2D eigenvalue weighted by molar-refractivity contribution is 6.33. The molecule has 0 aliphatic rings. The van der Waals surface area contributed by atoms with Crippen LogP contribution in [0, 0.1) is 0 Å². The zero-order valence-corrected chi connectivity index (χ0v) is 9.81. The fourth-order valence-electron chi connectivity index (χ4n) is 1.37. The standard InChI is InChI=1S/C12H9ClN2O2/c1-17-9-4-2-3-8(7-9)11(16)10-12(13)15-6-5-14-10/h2-7H,1H3. The number of ether oxygens (including phenoxy) is 1. The SMILES string of the molecule is COc1cccc(C(=O)c2nccnc2Cl)c1. The molecule has 17 heavy (non-hydrogen) atoms. The van der Waals surface area contributed by atoms with Crippen molar-refractivity contribution in [1.82, 2.24) is 9.97 Å². The number of rotatable bonds is 3. The molecule has 0 unspecified atom stereocenters. The maximum atomic E-state index is 12.1. The smallest absolute Gasteiger partial charge is 0.214 e. The first-order valence-electron chi connectivity index (χ1n) is 4.87. The van der Waals surface area contributed by atoms with Gasteiger partial charge in [-0.3, -0.25) is 4.79 Å². The molecule has 0 N–H and O–H groups in total. The molecule has 2 aromatic rings. The van der Waals surface area contributed by atoms with E-state index in [1.165, 1.54) is 12.4 Å². The van der Waals surface area contributed by atoms with Crippen molar-refractivity contribution < 1.29 is 9.53 Å². The molecule has 0 atom stereocenters. The summed E-state index contributed by atoms with van der Waals surface area (Å²) in [5, 5.41) is 0.0975. The first-order chi connectivity index (χ1) is 8.22. The molecule has 4 nitrogen and oxygen atoms in total. The van der Waals surface area contributed by atoms with Crippen LogP contribution in [0.4, 0.5) is 0 Å². The van der Waals surface area contributed by atoms with Crippen LogP contribution in [0.5, 0.6) is 5.75 Å². The number of ketones is 1. The molecule has 1 heterocycles. The van der Waals surface area contributed by atoms with Gasteiger partial charge >= 0.3 is 0 Å². The minimum Gasteiger partial charge on any atom is -0.497 e. The van der Waals surface area contributed by atoms with E-state index in [1.807, 2.05) is 0 Å². The molecule has 1 aromatic carbocycles. The van der Waals surface area contributed by atoms with Crippen molar-refractivity contribution in [3.8, 4) is 5.75 Å². The quantitative estimate of drug-likeness (QED) is 0.783. The average Bonchev–Trinajstić information content (AvgIpc) is 2.38. The van der Waals surface area contributed by atoms with Gasteiger partial charge in [0.1, 0.15) is 11.4 Å². The van der Waals surface area contributed by atoms with Crippen LogP contribution in [-0.2, 0) is 0 Å². The van der Waals surface area contributed by atoms with Gasteiger partial charge in [0.25, 0.3) is 0 Å². The molecule has 0 saturated heterocycles. The molecule has 0 aliphatic heterocycles. The normalized spacial score (nSPS) is 10.0. The first kappa shape index (κ1) is 11.5. The summed E-state index contributed by atoms with van der Waals surface area (Å²) in [5.41, 5.74) is 0.606. The largest absolute Gasteiger partial charge is 0.497 e. The van der Waals surface area contributed by atoms with E-state index in [4.69, 9.17) is 16.3 Å². The number of hydrogen-bond donors (Lipinski definition) is 0. The van der Waals surface area contributed by atoms with Gasteiger partial charge in [-0.1, -0.05) is 23.7 Å². The summed E-state index contributed by atoms with van der Waals surface area (Å²) in [7, 11) is 1.54. The van der Waals surface area contributed by atoms with E-state index < -0.39 is 0 Å². The van der Waals surface area contributed by atoms with E-state index in [9.17, 15) is 4.79 Å². The van der Waals surface area contributed by atoms with E-state index in [2.05, 4.69) is 9.97 Å². The zero-order chi connectivity index (χ0) is 12.3. The van der Waals surface area contributed by atoms with Gasteiger partial charge < -0.3 is 4.74 Å². The highest BCUT2D eigenvalue weighted by atomic mass is 35.5. The molecule has 0 amide bonds. The van der Waals surface area contributed by atoms with Crippen molar-refractivity contribution in [3.05, 3.63) is 53.1 Å². The number of hydrogen-bond acceptors (Lipinski definition) is 4. The number of halogens is 1. The lowest BCUT2D eigenvalue weighted by molar-refractivity contribution is 0.103. The molecule has 0 aliphatic carbocycles. The van der Waals surface area contributed by atoms with Crippen LogP contribution in [0.1, 0.15) is 16.1 Å². The van der Waals surface area contributed by atoms with Crippen molar-refractivity contribution in [2.45, 2.75) is 0 Å². The van der Waals surface area contributed by atoms with Crippen LogP contribution in [0.25, 0.3) is 0 Å². The van der Waals surface area contributed by atoms with Crippen LogP contribution in [0.2, 0.25) is 5.15 Å². The van der Waals surface area contributed by atoms with Gasteiger partial charge in [0, 0.05) is 18.0 Å². The van der Waals surface area contributed by atoms with Gasteiger partial charge in [-0.25, -0.2) is 9.97 Å². The van der Waals surface area contributed by atoms with Gasteiger partial charge in [-0.05, 0) is 12.1 Å². The summed E-state index contributed by atoms with van der Waals surface area (Å²) in [6, 6.07) is 6.80. The summed E-state index contributed by atoms with van der Waals surface area (Å²) >= 11 is 5.82. The molecular formula is C12H9ClN2O2. The van der Waals surface area contributed by atoms with Crippen molar-refractivity contribution in [1.29, 1.82) is 0 Å². The molecule has 0 bridgehead atoms. The van der Waals surface area contributed by atoms with E-state index in [-0.39, 0.29) is 16.6 Å². The number of methoxy groups -OCH3 is 1. The molecule has 0 spiro atoms. The first-order valence-corrected chi connectivity index (χ1v) is 5.25. The number of benzene rings is 1. The summed E-state index contributed by atoms with van der Waals surface area (Å²) in [5.74, 6) is 0.331. The Hall–Kier alpha value is -1.94. The number of carbonyl (C=O) groups excluding carboxylic acids is 1. The molecule has 0 saturated carbocycles. The van der Waals surface area contributed by atoms with Crippen LogP contribution in [-0.4, -0.2) is 22.9 Å². The van der Waals surface area contributed by atoms with E-state index in [0.29, 0.717) is 11.3 Å². The summed E-state index contributed by atoms with van der Waals surface area (Å²) < 4.78 is 5.05. The van der Waals surface area contributed by atoms with Gasteiger partial charge in [-0.2, -0.15) is 0 Å². The predicted octanol–water partition coefficient (Wildman–Crippen LogP) is 2.37. The minimum atomic E-state index is -0.276. The number of aromatic nitrogens is 2. The van der Waals surface area contributed by atoms with Crippen molar-refractivity contribution in [2.75, 3.05) is 7.11 Å². The maximum absolute atomic E-state index is 12.1. The average molecular weight is 249 g/mol. The van der Waals surface area contributed by atoms with E-state index in [1.54, 1.807) is 31.4 Å². The highest BCUT2D eigenvalue weighted by Gasteiger charge is 2.15. The fourth-order valence-corrected chi connectivity index (χ4v) is 1.57. The highest BCUT2D eigenvalue weighted by Crippen LogP contribution is 2.18. The molecule has 2 rings (SSSR count). The Bertz CT molecular complexity index is 558. The third-order valence-electron chi connectivity index (χ3n) is 2.20. The molecule has 1 aromatic heterocycles. The molecule has 0 fully saturated rings. The molecule has 5 heteroatoms. The zero-order valence-electron chi connectivity index (χ0n) is 9.05. The lowest BCUT2D eigenvalue weighted by Crippen LogP contribution is -2.05. The Morgan fingerprint density at radius 3 is 2.76 bits per heavy atom. The number of carbonyl (C=O) groups is 1. The van der Waals surface area contributed by atoms with E-state index >= 15 is 0 Å². The van der Waals surface area contributed by atoms with Gasteiger partial charge in [0.2, 0.25) is 5.78 Å². The summed E-state index contributed by atoms with van der Waals surface area (Å²) in [6.45, 7) is 0. The Morgan fingerprint density at radius 2 is 2.06 bits per heavy atom. The van der Waals surface area contributed by atoms with Gasteiger partial charge in [0.05, 0.1) is 7.11 Å². The Kier molecular flexibility index (Phi) is 3.35. The van der Waals surface area contributed by atoms with Crippen LogP contribution in [0.3, 0.4) is 0 Å². The van der Waals surface area contributed by atoms with Gasteiger partial charge in [-0.15, -0.1) is 0 Å².